The third-order valence-corrected chi connectivity index (χ3v) is 4.61. The number of halogens is 1. The first-order valence-electron chi connectivity index (χ1n) is 9.33. The minimum Gasteiger partial charge on any atom is -0.360 e. The second-order valence-corrected chi connectivity index (χ2v) is 7.04. The van der Waals surface area contributed by atoms with Gasteiger partial charge in [0.25, 0.3) is 11.6 Å². The molecule has 0 radical (unpaired) electrons. The Morgan fingerprint density at radius 2 is 1.84 bits per heavy atom. The molecule has 0 saturated heterocycles. The number of amides is 2. The van der Waals surface area contributed by atoms with Crippen LogP contribution in [0.4, 0.5) is 10.2 Å². The monoisotopic (exact) mass is 423 g/mol. The van der Waals surface area contributed by atoms with Gasteiger partial charge in [0, 0.05) is 18.7 Å². The van der Waals surface area contributed by atoms with Gasteiger partial charge in [0.05, 0.1) is 28.9 Å². The third-order valence-electron chi connectivity index (χ3n) is 4.61. The number of carbonyl (C=O) groups excluding carboxylic acids is 2. The van der Waals surface area contributed by atoms with E-state index >= 15 is 0 Å². The summed E-state index contributed by atoms with van der Waals surface area (Å²) < 4.78 is 23.5. The number of anilines is 1. The van der Waals surface area contributed by atoms with E-state index in [0.29, 0.717) is 28.1 Å². The molecule has 0 fully saturated rings. The summed E-state index contributed by atoms with van der Waals surface area (Å²) in [6.07, 6.45) is 0. The van der Waals surface area contributed by atoms with Crippen molar-refractivity contribution in [1.82, 2.24) is 20.2 Å². The zero-order valence-electron chi connectivity index (χ0n) is 17.0. The van der Waals surface area contributed by atoms with Gasteiger partial charge < -0.3 is 19.3 Å². The maximum absolute atomic E-state index is 13.3. The highest BCUT2D eigenvalue weighted by Crippen LogP contribution is 2.28. The van der Waals surface area contributed by atoms with E-state index in [9.17, 15) is 14.0 Å². The summed E-state index contributed by atoms with van der Waals surface area (Å²) >= 11 is 0. The summed E-state index contributed by atoms with van der Waals surface area (Å²) in [6, 6.07) is 8.86. The summed E-state index contributed by atoms with van der Waals surface area (Å²) in [4.78, 5) is 31.2. The first-order chi connectivity index (χ1) is 14.8. The van der Waals surface area contributed by atoms with Crippen LogP contribution in [-0.2, 0) is 4.79 Å². The number of aryl methyl sites for hydroxylation is 2. The number of nitrogens with one attached hydrogen (secondary N) is 1. The standard InChI is InChI=1S/C21H18FN5O4/c1-11-8-17(26-30-11)24-18(28)10-27(3)21(29)15-9-16(13-4-6-14(22)7-5-13)23-20-19(15)12(2)25-31-20/h4-9H,10H2,1-3H3,(H,24,26,28). The van der Waals surface area contributed by atoms with Gasteiger partial charge in [0.2, 0.25) is 5.91 Å². The van der Waals surface area contributed by atoms with Crippen molar-refractivity contribution in [2.75, 3.05) is 18.9 Å². The molecule has 0 atom stereocenters. The van der Waals surface area contributed by atoms with Crippen molar-refractivity contribution in [2.45, 2.75) is 13.8 Å². The van der Waals surface area contributed by atoms with Crippen LogP contribution in [0.5, 0.6) is 0 Å². The van der Waals surface area contributed by atoms with Crippen molar-refractivity contribution in [3.63, 3.8) is 0 Å². The molecule has 2 amide bonds. The van der Waals surface area contributed by atoms with E-state index in [2.05, 4.69) is 20.6 Å². The van der Waals surface area contributed by atoms with Crippen LogP contribution < -0.4 is 5.32 Å². The second-order valence-electron chi connectivity index (χ2n) is 7.04. The lowest BCUT2D eigenvalue weighted by Gasteiger charge is -2.17. The number of hydrogen-bond acceptors (Lipinski definition) is 7. The Morgan fingerprint density at radius 3 is 2.52 bits per heavy atom. The fourth-order valence-electron chi connectivity index (χ4n) is 3.13. The Bertz CT molecular complexity index is 1280. The topological polar surface area (TPSA) is 114 Å². The van der Waals surface area contributed by atoms with Gasteiger partial charge in [-0.2, -0.15) is 0 Å². The molecule has 3 aromatic heterocycles. The van der Waals surface area contributed by atoms with Crippen LogP contribution in [0.25, 0.3) is 22.4 Å². The summed E-state index contributed by atoms with van der Waals surface area (Å²) in [7, 11) is 1.50. The van der Waals surface area contributed by atoms with Crippen LogP contribution in [0.15, 0.2) is 45.4 Å². The first-order valence-corrected chi connectivity index (χ1v) is 9.33. The maximum atomic E-state index is 13.3. The van der Waals surface area contributed by atoms with Crippen molar-refractivity contribution in [2.24, 2.45) is 0 Å². The van der Waals surface area contributed by atoms with Crippen LogP contribution in [0, 0.1) is 19.7 Å². The Kier molecular flexibility index (Phi) is 5.20. The summed E-state index contributed by atoms with van der Waals surface area (Å²) in [5, 5.41) is 10.6. The molecule has 158 valence electrons. The van der Waals surface area contributed by atoms with Gasteiger partial charge in [-0.1, -0.05) is 10.3 Å². The molecule has 9 nitrogen and oxygen atoms in total. The predicted octanol–water partition coefficient (Wildman–Crippen LogP) is 3.34. The molecule has 0 aliphatic carbocycles. The highest BCUT2D eigenvalue weighted by Gasteiger charge is 2.23. The second kappa shape index (κ2) is 7.98. The molecule has 0 aliphatic rings. The Hall–Kier alpha value is -4.08. The smallest absolute Gasteiger partial charge is 0.259 e. The van der Waals surface area contributed by atoms with Crippen LogP contribution in [0.1, 0.15) is 21.8 Å². The highest BCUT2D eigenvalue weighted by atomic mass is 19.1. The van der Waals surface area contributed by atoms with Gasteiger partial charge in [-0.15, -0.1) is 0 Å². The average Bonchev–Trinajstić information content (AvgIpc) is 3.32. The van der Waals surface area contributed by atoms with E-state index in [0.717, 1.165) is 0 Å². The van der Waals surface area contributed by atoms with E-state index in [-0.39, 0.29) is 29.5 Å². The summed E-state index contributed by atoms with van der Waals surface area (Å²) in [6.45, 7) is 3.18. The third kappa shape index (κ3) is 4.13. The summed E-state index contributed by atoms with van der Waals surface area (Å²) in [5.41, 5.74) is 1.97. The number of nitrogens with zero attached hydrogens (tertiary/aromatic N) is 4. The lowest BCUT2D eigenvalue weighted by molar-refractivity contribution is -0.116. The number of likely N-dealkylation sites (N-methyl/N-ethyl adjacent to an activating group) is 1. The van der Waals surface area contributed by atoms with E-state index in [1.807, 2.05) is 0 Å². The Morgan fingerprint density at radius 1 is 1.10 bits per heavy atom. The van der Waals surface area contributed by atoms with Crippen molar-refractivity contribution < 1.29 is 23.0 Å². The minimum absolute atomic E-state index is 0.179. The molecule has 0 spiro atoms. The summed E-state index contributed by atoms with van der Waals surface area (Å²) in [5.74, 6) is -0.424. The lowest BCUT2D eigenvalue weighted by atomic mass is 10.0. The molecule has 0 aliphatic heterocycles. The van der Waals surface area contributed by atoms with Crippen molar-refractivity contribution in [3.8, 4) is 11.3 Å². The fourth-order valence-corrected chi connectivity index (χ4v) is 3.13. The van der Waals surface area contributed by atoms with Crippen LogP contribution in [-0.4, -0.2) is 45.6 Å². The highest BCUT2D eigenvalue weighted by molar-refractivity contribution is 6.08. The molecule has 4 rings (SSSR count). The van der Waals surface area contributed by atoms with E-state index in [1.54, 1.807) is 38.1 Å². The lowest BCUT2D eigenvalue weighted by Crippen LogP contribution is -2.35. The minimum atomic E-state index is -0.435. The zero-order valence-corrected chi connectivity index (χ0v) is 17.0. The number of pyridine rings is 1. The number of rotatable bonds is 5. The van der Waals surface area contributed by atoms with Gasteiger partial charge in [0.15, 0.2) is 5.82 Å². The molecule has 1 aromatic carbocycles. The van der Waals surface area contributed by atoms with Crippen LogP contribution in [0.3, 0.4) is 0 Å². The molecule has 0 bridgehead atoms. The molecular formula is C21H18FN5O4. The Balaban J connectivity index is 1.63. The normalized spacial score (nSPS) is 11.0. The van der Waals surface area contributed by atoms with E-state index in [4.69, 9.17) is 9.05 Å². The maximum Gasteiger partial charge on any atom is 0.259 e. The van der Waals surface area contributed by atoms with E-state index < -0.39 is 11.8 Å². The van der Waals surface area contributed by atoms with Crippen LogP contribution in [0.2, 0.25) is 0 Å². The molecular weight excluding hydrogens is 405 g/mol. The van der Waals surface area contributed by atoms with Gasteiger partial charge in [-0.25, -0.2) is 9.37 Å². The van der Waals surface area contributed by atoms with Crippen molar-refractivity contribution in [1.29, 1.82) is 0 Å². The molecule has 0 unspecified atom stereocenters. The first kappa shape index (κ1) is 20.2. The fraction of sp³-hybridized carbons (Fsp3) is 0.190. The largest absolute Gasteiger partial charge is 0.360 e. The molecule has 31 heavy (non-hydrogen) atoms. The molecule has 3 heterocycles. The molecule has 10 heteroatoms. The van der Waals surface area contributed by atoms with E-state index in [1.165, 1.54) is 24.1 Å². The number of carbonyl (C=O) groups is 2. The molecule has 0 saturated carbocycles. The number of benzene rings is 1. The van der Waals surface area contributed by atoms with Crippen molar-refractivity contribution in [3.05, 3.63) is 59.2 Å². The average molecular weight is 423 g/mol. The van der Waals surface area contributed by atoms with Crippen LogP contribution >= 0.6 is 0 Å². The zero-order chi connectivity index (χ0) is 22.1. The van der Waals surface area contributed by atoms with Crippen molar-refractivity contribution >= 4 is 28.7 Å². The Labute approximate surface area is 175 Å². The number of fused-ring (bicyclic) bond motifs is 1. The van der Waals surface area contributed by atoms with Gasteiger partial charge in [-0.3, -0.25) is 9.59 Å². The van der Waals surface area contributed by atoms with Gasteiger partial charge >= 0.3 is 0 Å². The predicted molar refractivity (Wildman–Crippen MR) is 109 cm³/mol. The number of aromatic nitrogens is 3. The number of hydrogen-bond donors (Lipinski definition) is 1. The quantitative estimate of drug-likeness (QED) is 0.523. The molecule has 1 N–H and O–H groups in total. The SMILES string of the molecule is Cc1cc(NC(=O)CN(C)C(=O)c2cc(-c3ccc(F)cc3)nc3onc(C)c23)no1. The van der Waals surface area contributed by atoms with Gasteiger partial charge in [0.1, 0.15) is 11.6 Å². The van der Waals surface area contributed by atoms with Gasteiger partial charge in [-0.05, 0) is 44.2 Å². The molecule has 4 aromatic rings.